The van der Waals surface area contributed by atoms with E-state index in [-0.39, 0.29) is 17.3 Å². The van der Waals surface area contributed by atoms with Gasteiger partial charge >= 0.3 is 0 Å². The SMILES string of the molecule is Cc1ccc([N+](=O)[O-])cc1NC(=O)C(Sc1ccc(NC(=O)/C(=C/c2ccco2)NC(=O)c2ccccc2)cc1)c1ccccc1. The molecule has 0 aliphatic heterocycles. The maximum atomic E-state index is 13.6. The lowest BCUT2D eigenvalue weighted by atomic mass is 10.1. The summed E-state index contributed by atoms with van der Waals surface area (Å²) in [4.78, 5) is 51.2. The van der Waals surface area contributed by atoms with Crippen LogP contribution in [0.1, 0.15) is 32.5 Å². The van der Waals surface area contributed by atoms with Crippen LogP contribution in [0.15, 0.2) is 137 Å². The molecule has 1 unspecified atom stereocenters. The maximum absolute atomic E-state index is 13.6. The van der Waals surface area contributed by atoms with E-state index in [9.17, 15) is 24.5 Å². The molecule has 0 aliphatic carbocycles. The Morgan fingerprint density at radius 3 is 2.20 bits per heavy atom. The highest BCUT2D eigenvalue weighted by molar-refractivity contribution is 8.00. The number of nitrogens with one attached hydrogen (secondary N) is 3. The van der Waals surface area contributed by atoms with Gasteiger partial charge in [0, 0.05) is 34.4 Å². The first kappa shape index (κ1) is 31.5. The molecule has 230 valence electrons. The first-order valence-corrected chi connectivity index (χ1v) is 15.0. The highest BCUT2D eigenvalue weighted by Crippen LogP contribution is 2.37. The molecular weight excluding hydrogens is 604 g/mol. The minimum atomic E-state index is -0.684. The summed E-state index contributed by atoms with van der Waals surface area (Å²) < 4.78 is 5.35. The lowest BCUT2D eigenvalue weighted by Crippen LogP contribution is -2.30. The molecule has 3 N–H and O–H groups in total. The van der Waals surface area contributed by atoms with E-state index in [0.29, 0.717) is 28.3 Å². The fraction of sp³-hybridized carbons (Fsp3) is 0.0571. The van der Waals surface area contributed by atoms with Crippen LogP contribution in [0, 0.1) is 17.0 Å². The van der Waals surface area contributed by atoms with Crippen molar-refractivity contribution in [2.75, 3.05) is 10.6 Å². The zero-order chi connectivity index (χ0) is 32.5. The molecule has 1 atom stereocenters. The Balaban J connectivity index is 1.32. The van der Waals surface area contributed by atoms with E-state index in [1.165, 1.54) is 36.2 Å². The van der Waals surface area contributed by atoms with Crippen molar-refractivity contribution in [2.45, 2.75) is 17.1 Å². The van der Waals surface area contributed by atoms with Gasteiger partial charge in [0.1, 0.15) is 16.7 Å². The Morgan fingerprint density at radius 1 is 0.848 bits per heavy atom. The summed E-state index contributed by atoms with van der Waals surface area (Å²) in [5.74, 6) is -0.976. The van der Waals surface area contributed by atoms with Crippen molar-refractivity contribution >= 4 is 52.6 Å². The van der Waals surface area contributed by atoms with E-state index in [2.05, 4.69) is 16.0 Å². The summed E-state index contributed by atoms with van der Waals surface area (Å²) in [7, 11) is 0. The van der Waals surface area contributed by atoms with Crippen molar-refractivity contribution in [1.82, 2.24) is 5.32 Å². The van der Waals surface area contributed by atoms with Crippen molar-refractivity contribution < 1.29 is 23.7 Å². The number of thioether (sulfide) groups is 1. The van der Waals surface area contributed by atoms with Crippen molar-refractivity contribution in [3.05, 3.63) is 160 Å². The number of nitro groups is 1. The van der Waals surface area contributed by atoms with Crippen LogP contribution in [0.25, 0.3) is 6.08 Å². The Labute approximate surface area is 268 Å². The van der Waals surface area contributed by atoms with Gasteiger partial charge in [-0.25, -0.2) is 0 Å². The molecule has 0 bridgehead atoms. The third kappa shape index (κ3) is 8.16. The Hall–Kier alpha value is -5.94. The van der Waals surface area contributed by atoms with E-state index in [0.717, 1.165) is 10.5 Å². The van der Waals surface area contributed by atoms with Crippen LogP contribution in [-0.2, 0) is 9.59 Å². The first-order chi connectivity index (χ1) is 22.3. The number of amides is 3. The number of nitrogens with zero attached hydrogens (tertiary/aromatic N) is 1. The largest absolute Gasteiger partial charge is 0.465 e. The average Bonchev–Trinajstić information content (AvgIpc) is 3.59. The smallest absolute Gasteiger partial charge is 0.272 e. The maximum Gasteiger partial charge on any atom is 0.272 e. The second-order valence-electron chi connectivity index (χ2n) is 10.0. The van der Waals surface area contributed by atoms with Crippen molar-refractivity contribution in [3.63, 3.8) is 0 Å². The zero-order valence-corrected chi connectivity index (χ0v) is 25.3. The number of non-ortho nitro benzene ring substituents is 1. The van der Waals surface area contributed by atoms with Gasteiger partial charge in [0.15, 0.2) is 0 Å². The topological polar surface area (TPSA) is 144 Å². The molecule has 0 spiro atoms. The fourth-order valence-corrected chi connectivity index (χ4v) is 5.39. The number of rotatable bonds is 11. The number of carbonyl (C=O) groups is 3. The van der Waals surface area contributed by atoms with Crippen molar-refractivity contribution in [3.8, 4) is 0 Å². The van der Waals surface area contributed by atoms with Gasteiger partial charge in [-0.3, -0.25) is 24.5 Å². The van der Waals surface area contributed by atoms with Crippen LogP contribution < -0.4 is 16.0 Å². The Morgan fingerprint density at radius 2 is 1.54 bits per heavy atom. The van der Waals surface area contributed by atoms with Gasteiger partial charge in [-0.2, -0.15) is 0 Å². The molecule has 10 nitrogen and oxygen atoms in total. The summed E-state index contributed by atoms with van der Waals surface area (Å²) in [5, 5.41) is 18.9. The molecule has 0 saturated carbocycles. The molecule has 4 aromatic carbocycles. The molecule has 0 fully saturated rings. The van der Waals surface area contributed by atoms with E-state index < -0.39 is 22.0 Å². The third-order valence-electron chi connectivity index (χ3n) is 6.75. The molecule has 46 heavy (non-hydrogen) atoms. The van der Waals surface area contributed by atoms with E-state index in [1.807, 2.05) is 30.3 Å². The summed E-state index contributed by atoms with van der Waals surface area (Å²) in [5.41, 5.74) is 2.50. The normalized spacial score (nSPS) is 11.7. The summed E-state index contributed by atoms with van der Waals surface area (Å²) in [6.07, 6.45) is 2.90. The van der Waals surface area contributed by atoms with Gasteiger partial charge < -0.3 is 20.4 Å². The van der Waals surface area contributed by atoms with E-state index in [1.54, 1.807) is 79.7 Å². The monoisotopic (exact) mass is 632 g/mol. The number of benzene rings is 4. The van der Waals surface area contributed by atoms with Crippen LogP contribution in [0.4, 0.5) is 17.1 Å². The van der Waals surface area contributed by atoms with Gasteiger partial charge in [0.25, 0.3) is 17.5 Å². The van der Waals surface area contributed by atoms with Crippen molar-refractivity contribution in [2.24, 2.45) is 0 Å². The fourth-order valence-electron chi connectivity index (χ4n) is 4.37. The number of anilines is 2. The molecule has 11 heteroatoms. The number of furan rings is 1. The second kappa shape index (κ2) is 14.7. The minimum absolute atomic E-state index is 0.0143. The van der Waals surface area contributed by atoms with Gasteiger partial charge in [-0.1, -0.05) is 54.6 Å². The molecule has 0 saturated heterocycles. The highest BCUT2D eigenvalue weighted by atomic mass is 32.2. The van der Waals surface area contributed by atoms with Crippen LogP contribution in [0.3, 0.4) is 0 Å². The molecule has 3 amide bonds. The van der Waals surface area contributed by atoms with Crippen LogP contribution in [0.5, 0.6) is 0 Å². The summed E-state index contributed by atoms with van der Waals surface area (Å²) >= 11 is 1.29. The number of hydrogen-bond acceptors (Lipinski definition) is 7. The average molecular weight is 633 g/mol. The third-order valence-corrected chi connectivity index (χ3v) is 8.02. The first-order valence-electron chi connectivity index (χ1n) is 14.1. The summed E-state index contributed by atoms with van der Waals surface area (Å²) in [6.45, 7) is 1.76. The molecule has 1 aromatic heterocycles. The zero-order valence-electron chi connectivity index (χ0n) is 24.5. The lowest BCUT2D eigenvalue weighted by molar-refractivity contribution is -0.384. The second-order valence-corrected chi connectivity index (χ2v) is 11.2. The van der Waals surface area contributed by atoms with E-state index in [4.69, 9.17) is 4.42 Å². The molecule has 0 radical (unpaired) electrons. The summed E-state index contributed by atoms with van der Waals surface area (Å²) in [6, 6.07) is 32.3. The Bertz CT molecular complexity index is 1880. The molecule has 5 rings (SSSR count). The standard InChI is InChI=1S/C35H28N4O6S/c1-23-14-17-27(39(43)44)21-30(23)37-35(42)32(24-9-4-2-5-10-24)46-29-18-15-26(16-19-29)36-34(41)31(22-28-13-8-20-45-28)38-33(40)25-11-6-3-7-12-25/h2-22,32H,1H3,(H,36,41)(H,37,42)(H,38,40)/b31-22-. The van der Waals surface area contributed by atoms with E-state index >= 15 is 0 Å². The van der Waals surface area contributed by atoms with Gasteiger partial charge in [-0.05, 0) is 66.6 Å². The lowest BCUT2D eigenvalue weighted by Gasteiger charge is -2.18. The molecule has 5 aromatic rings. The predicted octanol–water partition coefficient (Wildman–Crippen LogP) is 7.38. The van der Waals surface area contributed by atoms with Crippen LogP contribution in [-0.4, -0.2) is 22.6 Å². The van der Waals surface area contributed by atoms with Crippen LogP contribution >= 0.6 is 11.8 Å². The van der Waals surface area contributed by atoms with Gasteiger partial charge in [0.2, 0.25) is 5.91 Å². The number of carbonyl (C=O) groups excluding carboxylic acids is 3. The van der Waals surface area contributed by atoms with Gasteiger partial charge in [0.05, 0.1) is 16.9 Å². The number of nitro benzene ring substituents is 1. The predicted molar refractivity (Wildman–Crippen MR) is 177 cm³/mol. The van der Waals surface area contributed by atoms with Crippen molar-refractivity contribution in [1.29, 1.82) is 0 Å². The van der Waals surface area contributed by atoms with Gasteiger partial charge in [-0.15, -0.1) is 11.8 Å². The number of aryl methyl sites for hydroxylation is 1. The van der Waals surface area contributed by atoms with Crippen LogP contribution in [0.2, 0.25) is 0 Å². The Kier molecular flexibility index (Phi) is 10.1. The highest BCUT2D eigenvalue weighted by Gasteiger charge is 2.24. The minimum Gasteiger partial charge on any atom is -0.465 e. The number of hydrogen-bond donors (Lipinski definition) is 3. The molecule has 0 aliphatic rings. The quantitative estimate of drug-likeness (QED) is 0.0597. The molecule has 1 heterocycles. The molecular formula is C35H28N4O6S.